The van der Waals surface area contributed by atoms with Gasteiger partial charge in [-0.25, -0.2) is 0 Å². The van der Waals surface area contributed by atoms with Crippen molar-refractivity contribution in [3.05, 3.63) is 0 Å². The second-order valence-electron chi connectivity index (χ2n) is 2.27. The molecule has 2 N–H and O–H groups in total. The Hall–Kier alpha value is 0.130. The van der Waals surface area contributed by atoms with E-state index in [1.54, 1.807) is 0 Å². The standard InChI is InChI=1S/C5H10N2OS2/c8-5(7-10-9)3-6-4-1-2-4/h4,6,9H,1-3H2,(H,7,8). The fourth-order valence-electron chi connectivity index (χ4n) is 0.611. The molecule has 0 aliphatic heterocycles. The fourth-order valence-corrected chi connectivity index (χ4v) is 1.09. The number of carbonyl (C=O) groups excluding carboxylic acids is 1. The summed E-state index contributed by atoms with van der Waals surface area (Å²) >= 11 is 3.78. The number of amides is 1. The summed E-state index contributed by atoms with van der Waals surface area (Å²) in [6.07, 6.45) is 2.42. The molecule has 0 aromatic heterocycles. The van der Waals surface area contributed by atoms with Gasteiger partial charge in [-0.1, -0.05) is 11.7 Å². The van der Waals surface area contributed by atoms with Gasteiger partial charge >= 0.3 is 0 Å². The van der Waals surface area contributed by atoms with Crippen molar-refractivity contribution in [1.82, 2.24) is 10.0 Å². The highest BCUT2D eigenvalue weighted by Gasteiger charge is 2.20. The van der Waals surface area contributed by atoms with Crippen molar-refractivity contribution in [2.75, 3.05) is 6.54 Å². The number of nitrogens with one attached hydrogen (secondary N) is 2. The molecule has 1 aliphatic rings. The lowest BCUT2D eigenvalue weighted by molar-refractivity contribution is -0.118. The van der Waals surface area contributed by atoms with Gasteiger partial charge in [0.15, 0.2) is 0 Å². The van der Waals surface area contributed by atoms with Gasteiger partial charge in [-0.15, -0.1) is 0 Å². The Kier molecular flexibility index (Phi) is 3.37. The third-order valence-corrected chi connectivity index (χ3v) is 1.88. The van der Waals surface area contributed by atoms with E-state index in [9.17, 15) is 4.79 Å². The third-order valence-electron chi connectivity index (χ3n) is 1.29. The first kappa shape index (κ1) is 8.23. The van der Waals surface area contributed by atoms with Crippen LogP contribution >= 0.6 is 22.6 Å². The van der Waals surface area contributed by atoms with Gasteiger partial charge in [0.1, 0.15) is 0 Å². The predicted molar refractivity (Wildman–Crippen MR) is 45.7 cm³/mol. The van der Waals surface area contributed by atoms with Crippen molar-refractivity contribution >= 4 is 28.5 Å². The van der Waals surface area contributed by atoms with Crippen molar-refractivity contribution in [2.45, 2.75) is 18.9 Å². The van der Waals surface area contributed by atoms with Gasteiger partial charge < -0.3 is 5.32 Å². The molecule has 1 saturated carbocycles. The van der Waals surface area contributed by atoms with Crippen molar-refractivity contribution in [1.29, 1.82) is 0 Å². The zero-order valence-corrected chi connectivity index (χ0v) is 7.17. The Labute approximate surface area is 69.3 Å². The molecule has 1 fully saturated rings. The molecule has 58 valence electrons. The average Bonchev–Trinajstić information content (AvgIpc) is 2.67. The van der Waals surface area contributed by atoms with Crippen LogP contribution in [0.25, 0.3) is 0 Å². The SMILES string of the molecule is O=C(CNC1CC1)NSS. The van der Waals surface area contributed by atoms with Crippen molar-refractivity contribution in [3.63, 3.8) is 0 Å². The summed E-state index contributed by atoms with van der Waals surface area (Å²) in [5.74, 6) is -0.00750. The summed E-state index contributed by atoms with van der Waals surface area (Å²) in [7, 11) is 1.04. The number of hydrogen-bond donors (Lipinski definition) is 3. The van der Waals surface area contributed by atoms with Crippen LogP contribution in [-0.4, -0.2) is 18.5 Å². The molecular weight excluding hydrogens is 168 g/mol. The molecule has 0 spiro atoms. The molecule has 0 saturated heterocycles. The van der Waals surface area contributed by atoms with E-state index in [1.807, 2.05) is 0 Å². The van der Waals surface area contributed by atoms with Crippen molar-refractivity contribution in [2.24, 2.45) is 0 Å². The van der Waals surface area contributed by atoms with Crippen LogP contribution in [-0.2, 0) is 4.79 Å². The molecule has 0 aromatic carbocycles. The van der Waals surface area contributed by atoms with Gasteiger partial charge in [-0.05, 0) is 12.8 Å². The smallest absolute Gasteiger partial charge is 0.244 e. The van der Waals surface area contributed by atoms with E-state index in [1.165, 1.54) is 12.8 Å². The number of hydrogen-bond acceptors (Lipinski definition) is 4. The van der Waals surface area contributed by atoms with E-state index < -0.39 is 0 Å². The predicted octanol–water partition coefficient (Wildman–Crippen LogP) is 0.348. The quantitative estimate of drug-likeness (QED) is 0.330. The minimum atomic E-state index is -0.00750. The molecule has 10 heavy (non-hydrogen) atoms. The normalized spacial score (nSPS) is 16.9. The van der Waals surface area contributed by atoms with Crippen LogP contribution in [0.1, 0.15) is 12.8 Å². The van der Waals surface area contributed by atoms with Crippen LogP contribution in [0.15, 0.2) is 0 Å². The lowest BCUT2D eigenvalue weighted by Crippen LogP contribution is -2.30. The molecule has 0 atom stereocenters. The van der Waals surface area contributed by atoms with Gasteiger partial charge in [0, 0.05) is 17.0 Å². The van der Waals surface area contributed by atoms with Crippen molar-refractivity contribution < 1.29 is 4.79 Å². The van der Waals surface area contributed by atoms with Crippen LogP contribution in [0, 0.1) is 0 Å². The topological polar surface area (TPSA) is 41.1 Å². The van der Waals surface area contributed by atoms with Gasteiger partial charge in [0.05, 0.1) is 6.54 Å². The molecule has 1 rings (SSSR count). The first-order chi connectivity index (χ1) is 4.83. The summed E-state index contributed by atoms with van der Waals surface area (Å²) in [4.78, 5) is 10.7. The molecule has 0 aromatic rings. The zero-order valence-electron chi connectivity index (χ0n) is 5.46. The van der Waals surface area contributed by atoms with Crippen LogP contribution in [0.4, 0.5) is 0 Å². The molecule has 1 amide bonds. The van der Waals surface area contributed by atoms with Crippen molar-refractivity contribution in [3.8, 4) is 0 Å². The maximum Gasteiger partial charge on any atom is 0.244 e. The molecule has 3 nitrogen and oxygen atoms in total. The second-order valence-corrected chi connectivity index (χ2v) is 3.21. The van der Waals surface area contributed by atoms with Crippen LogP contribution in [0.5, 0.6) is 0 Å². The number of carbonyl (C=O) groups is 1. The third kappa shape index (κ3) is 3.34. The first-order valence-electron chi connectivity index (χ1n) is 3.15. The molecule has 0 heterocycles. The summed E-state index contributed by atoms with van der Waals surface area (Å²) < 4.78 is 2.51. The van der Waals surface area contributed by atoms with E-state index in [-0.39, 0.29) is 5.91 Å². The van der Waals surface area contributed by atoms with Gasteiger partial charge in [-0.3, -0.25) is 9.52 Å². The van der Waals surface area contributed by atoms with E-state index in [0.717, 1.165) is 11.0 Å². The fraction of sp³-hybridized carbons (Fsp3) is 0.800. The minimum absolute atomic E-state index is 0.00750. The zero-order chi connectivity index (χ0) is 7.40. The highest BCUT2D eigenvalue weighted by molar-refractivity contribution is 8.68. The van der Waals surface area contributed by atoms with E-state index in [2.05, 4.69) is 21.7 Å². The molecule has 0 radical (unpaired) electrons. The lowest BCUT2D eigenvalue weighted by atomic mass is 10.6. The number of thiol groups is 1. The maximum atomic E-state index is 10.7. The molecule has 0 unspecified atom stereocenters. The minimum Gasteiger partial charge on any atom is -0.306 e. The lowest BCUT2D eigenvalue weighted by Gasteiger charge is -2.00. The maximum absolute atomic E-state index is 10.7. The van der Waals surface area contributed by atoms with Crippen LogP contribution in [0.2, 0.25) is 0 Å². The summed E-state index contributed by atoms with van der Waals surface area (Å²) in [5, 5.41) is 3.08. The van der Waals surface area contributed by atoms with E-state index >= 15 is 0 Å². The molecular formula is C5H10N2OS2. The molecule has 1 aliphatic carbocycles. The highest BCUT2D eigenvalue weighted by atomic mass is 33.1. The summed E-state index contributed by atoms with van der Waals surface area (Å²) in [6.45, 7) is 0.415. The average molecular weight is 178 g/mol. The first-order valence-corrected chi connectivity index (χ1v) is 5.02. The Morgan fingerprint density at radius 2 is 2.40 bits per heavy atom. The Morgan fingerprint density at radius 1 is 1.70 bits per heavy atom. The second kappa shape index (κ2) is 4.10. The Balaban J connectivity index is 1.94. The van der Waals surface area contributed by atoms with Gasteiger partial charge in [-0.2, -0.15) is 0 Å². The molecule has 5 heteroatoms. The summed E-state index contributed by atoms with van der Waals surface area (Å²) in [6, 6.07) is 0.593. The monoisotopic (exact) mass is 178 g/mol. The van der Waals surface area contributed by atoms with Gasteiger partial charge in [0.25, 0.3) is 0 Å². The largest absolute Gasteiger partial charge is 0.306 e. The van der Waals surface area contributed by atoms with E-state index in [4.69, 9.17) is 0 Å². The van der Waals surface area contributed by atoms with Gasteiger partial charge in [0.2, 0.25) is 5.91 Å². The van der Waals surface area contributed by atoms with E-state index in [0.29, 0.717) is 12.6 Å². The Morgan fingerprint density at radius 3 is 2.90 bits per heavy atom. The van der Waals surface area contributed by atoms with Crippen LogP contribution in [0.3, 0.4) is 0 Å². The highest BCUT2D eigenvalue weighted by Crippen LogP contribution is 2.17. The summed E-state index contributed by atoms with van der Waals surface area (Å²) in [5.41, 5.74) is 0. The number of rotatable bonds is 4. The van der Waals surface area contributed by atoms with Crippen LogP contribution < -0.4 is 10.0 Å². The Bertz CT molecular complexity index is 127. The molecule has 0 bridgehead atoms.